The molecule has 0 fully saturated rings. The molecule has 26 heavy (non-hydrogen) atoms. The van der Waals surface area contributed by atoms with E-state index in [1.807, 2.05) is 32.0 Å². The summed E-state index contributed by atoms with van der Waals surface area (Å²) in [7, 11) is 1.58. The Bertz CT molecular complexity index is 888. The van der Waals surface area contributed by atoms with E-state index in [0.717, 1.165) is 29.5 Å². The number of ether oxygens (including phenoxy) is 1. The largest absolute Gasteiger partial charge is 0.496 e. The molecule has 0 radical (unpaired) electrons. The predicted molar refractivity (Wildman–Crippen MR) is 106 cm³/mol. The smallest absolute Gasteiger partial charge is 0.191 e. The van der Waals surface area contributed by atoms with E-state index < -0.39 is 0 Å². The van der Waals surface area contributed by atoms with Crippen LogP contribution in [0.2, 0.25) is 0 Å². The number of methoxy groups -OCH3 is 1. The summed E-state index contributed by atoms with van der Waals surface area (Å²) in [6, 6.07) is 9.83. The van der Waals surface area contributed by atoms with Gasteiger partial charge in [-0.15, -0.1) is 21.5 Å². The lowest BCUT2D eigenvalue weighted by Crippen LogP contribution is -2.08. The second kappa shape index (κ2) is 8.51. The third-order valence-corrected chi connectivity index (χ3v) is 5.95. The van der Waals surface area contributed by atoms with Gasteiger partial charge in [0.15, 0.2) is 10.9 Å². The fourth-order valence-corrected chi connectivity index (χ4v) is 4.24. The number of Topliss-reactive ketones (excluding diaryl/α,β-unsaturated/α-hetero) is 1. The Hall–Kier alpha value is -2.12. The van der Waals surface area contributed by atoms with Crippen LogP contribution in [-0.2, 0) is 13.0 Å². The number of hydrogen-bond acceptors (Lipinski definition) is 6. The van der Waals surface area contributed by atoms with Gasteiger partial charge in [0, 0.05) is 11.4 Å². The first kappa shape index (κ1) is 18.7. The Morgan fingerprint density at radius 2 is 2.12 bits per heavy atom. The first-order chi connectivity index (χ1) is 12.6. The number of hydrogen-bond donors (Lipinski definition) is 0. The summed E-state index contributed by atoms with van der Waals surface area (Å²) in [5.41, 5.74) is 1.65. The van der Waals surface area contributed by atoms with E-state index in [-0.39, 0.29) is 5.78 Å². The minimum atomic E-state index is 0.0287. The maximum Gasteiger partial charge on any atom is 0.191 e. The summed E-state index contributed by atoms with van der Waals surface area (Å²) >= 11 is 3.17. The summed E-state index contributed by atoms with van der Waals surface area (Å²) in [6.45, 7) is 4.72. The summed E-state index contributed by atoms with van der Waals surface area (Å²) in [6.07, 6.45) is 0.934. The van der Waals surface area contributed by atoms with Crippen LogP contribution in [-0.4, -0.2) is 33.4 Å². The summed E-state index contributed by atoms with van der Waals surface area (Å²) in [5.74, 6) is 1.80. The highest BCUT2D eigenvalue weighted by Crippen LogP contribution is 2.24. The second-order valence-electron chi connectivity index (χ2n) is 5.93. The van der Waals surface area contributed by atoms with Crippen molar-refractivity contribution in [1.29, 1.82) is 0 Å². The van der Waals surface area contributed by atoms with Crippen molar-refractivity contribution in [2.24, 2.45) is 0 Å². The Kier molecular flexibility index (Phi) is 6.11. The molecule has 0 atom stereocenters. The highest BCUT2D eigenvalue weighted by atomic mass is 32.2. The number of thioether (sulfide) groups is 1. The van der Waals surface area contributed by atoms with Crippen molar-refractivity contribution in [2.75, 3.05) is 12.9 Å². The van der Waals surface area contributed by atoms with Crippen LogP contribution in [0.3, 0.4) is 0 Å². The third kappa shape index (κ3) is 4.34. The molecule has 136 valence electrons. The fourth-order valence-electron chi connectivity index (χ4n) is 2.65. The number of rotatable bonds is 8. The van der Waals surface area contributed by atoms with Gasteiger partial charge in [-0.2, -0.15) is 0 Å². The van der Waals surface area contributed by atoms with Crippen LogP contribution < -0.4 is 4.74 Å². The second-order valence-corrected chi connectivity index (χ2v) is 7.90. The molecule has 0 bridgehead atoms. The van der Waals surface area contributed by atoms with Crippen LogP contribution in [0.15, 0.2) is 40.9 Å². The molecule has 0 aliphatic heterocycles. The van der Waals surface area contributed by atoms with Crippen molar-refractivity contribution in [1.82, 2.24) is 14.8 Å². The van der Waals surface area contributed by atoms with Crippen molar-refractivity contribution < 1.29 is 9.53 Å². The van der Waals surface area contributed by atoms with Gasteiger partial charge in [-0.25, -0.2) is 0 Å². The average Bonchev–Trinajstić information content (AvgIpc) is 3.27. The maximum absolute atomic E-state index is 12.7. The normalized spacial score (nSPS) is 10.9. The van der Waals surface area contributed by atoms with Gasteiger partial charge in [-0.3, -0.25) is 4.79 Å². The minimum absolute atomic E-state index is 0.0287. The standard InChI is InChI=1S/C19H21N3O2S2/c1-13-6-7-18(24-3)16(11-13)17(23)12-26-19-21-20-14(2)22(19)9-8-15-5-4-10-25-15/h4-7,10-11H,8-9,12H2,1-3H3. The lowest BCUT2D eigenvalue weighted by Gasteiger charge is -2.09. The molecule has 0 aliphatic rings. The van der Waals surface area contributed by atoms with Crippen molar-refractivity contribution in [3.05, 3.63) is 57.5 Å². The van der Waals surface area contributed by atoms with Crippen LogP contribution in [0.5, 0.6) is 5.75 Å². The molecular formula is C19H21N3O2S2. The Labute approximate surface area is 161 Å². The van der Waals surface area contributed by atoms with Gasteiger partial charge >= 0.3 is 0 Å². The zero-order chi connectivity index (χ0) is 18.5. The number of carbonyl (C=O) groups is 1. The first-order valence-electron chi connectivity index (χ1n) is 8.31. The molecule has 3 aromatic rings. The number of aromatic nitrogens is 3. The van der Waals surface area contributed by atoms with E-state index in [2.05, 4.69) is 32.3 Å². The highest BCUT2D eigenvalue weighted by molar-refractivity contribution is 7.99. The topological polar surface area (TPSA) is 57.0 Å². The van der Waals surface area contributed by atoms with Crippen LogP contribution in [0.4, 0.5) is 0 Å². The van der Waals surface area contributed by atoms with E-state index >= 15 is 0 Å². The number of ketones is 1. The minimum Gasteiger partial charge on any atom is -0.496 e. The SMILES string of the molecule is COc1ccc(C)cc1C(=O)CSc1nnc(C)n1CCc1cccs1. The van der Waals surface area contributed by atoms with Crippen LogP contribution in [0.1, 0.15) is 26.6 Å². The zero-order valence-corrected chi connectivity index (χ0v) is 16.7. The van der Waals surface area contributed by atoms with Crippen molar-refractivity contribution in [2.45, 2.75) is 32.0 Å². The van der Waals surface area contributed by atoms with Crippen LogP contribution >= 0.6 is 23.1 Å². The number of benzene rings is 1. The molecule has 0 saturated heterocycles. The highest BCUT2D eigenvalue weighted by Gasteiger charge is 2.16. The van der Waals surface area contributed by atoms with Gasteiger partial charge in [0.05, 0.1) is 18.4 Å². The third-order valence-electron chi connectivity index (χ3n) is 4.05. The zero-order valence-electron chi connectivity index (χ0n) is 15.1. The molecule has 0 saturated carbocycles. The van der Waals surface area contributed by atoms with Crippen molar-refractivity contribution in [3.63, 3.8) is 0 Å². The molecule has 7 heteroatoms. The molecule has 2 aromatic heterocycles. The first-order valence-corrected chi connectivity index (χ1v) is 10.2. The van der Waals surface area contributed by atoms with E-state index in [9.17, 15) is 4.79 Å². The van der Waals surface area contributed by atoms with Gasteiger partial charge in [0.2, 0.25) is 0 Å². The van der Waals surface area contributed by atoms with E-state index in [1.54, 1.807) is 18.4 Å². The van der Waals surface area contributed by atoms with E-state index in [4.69, 9.17) is 4.74 Å². The lowest BCUT2D eigenvalue weighted by molar-refractivity contribution is 0.101. The Morgan fingerprint density at radius 1 is 1.27 bits per heavy atom. The molecule has 0 spiro atoms. The van der Waals surface area contributed by atoms with Gasteiger partial charge in [-0.1, -0.05) is 29.5 Å². The van der Waals surface area contributed by atoms with Gasteiger partial charge in [0.25, 0.3) is 0 Å². The van der Waals surface area contributed by atoms with Gasteiger partial charge < -0.3 is 9.30 Å². The number of thiophene rings is 1. The van der Waals surface area contributed by atoms with Crippen molar-refractivity contribution >= 4 is 28.9 Å². The Balaban J connectivity index is 1.68. The Morgan fingerprint density at radius 3 is 2.85 bits per heavy atom. The molecule has 3 rings (SSSR count). The molecular weight excluding hydrogens is 366 g/mol. The average molecular weight is 388 g/mol. The fraction of sp³-hybridized carbons (Fsp3) is 0.316. The summed E-state index contributed by atoms with van der Waals surface area (Å²) in [4.78, 5) is 14.0. The van der Waals surface area contributed by atoms with Crippen LogP contribution in [0, 0.1) is 13.8 Å². The molecule has 0 unspecified atom stereocenters. The number of nitrogens with zero attached hydrogens (tertiary/aromatic N) is 3. The molecule has 5 nitrogen and oxygen atoms in total. The lowest BCUT2D eigenvalue weighted by atomic mass is 10.1. The van der Waals surface area contributed by atoms with Crippen molar-refractivity contribution in [3.8, 4) is 5.75 Å². The number of carbonyl (C=O) groups excluding carboxylic acids is 1. The van der Waals surface area contributed by atoms with Gasteiger partial charge in [-0.05, 0) is 43.8 Å². The maximum atomic E-state index is 12.7. The predicted octanol–water partition coefficient (Wildman–Crippen LogP) is 4.18. The molecule has 1 aromatic carbocycles. The molecule has 0 N–H and O–H groups in total. The number of aryl methyl sites for hydroxylation is 3. The summed E-state index contributed by atoms with van der Waals surface area (Å²) < 4.78 is 7.39. The van der Waals surface area contributed by atoms with Gasteiger partial charge in [0.1, 0.15) is 11.6 Å². The molecule has 2 heterocycles. The monoisotopic (exact) mass is 387 g/mol. The molecule has 0 aliphatic carbocycles. The van der Waals surface area contributed by atoms with E-state index in [1.165, 1.54) is 16.6 Å². The summed E-state index contributed by atoms with van der Waals surface area (Å²) in [5, 5.41) is 11.3. The molecule has 0 amide bonds. The quantitative estimate of drug-likeness (QED) is 0.429. The van der Waals surface area contributed by atoms with E-state index in [0.29, 0.717) is 17.1 Å². The van der Waals surface area contributed by atoms with Crippen LogP contribution in [0.25, 0.3) is 0 Å².